The molecule has 0 radical (unpaired) electrons. The lowest BCUT2D eigenvalue weighted by Gasteiger charge is -2.26. The zero-order valence-corrected chi connectivity index (χ0v) is 17.3. The van der Waals surface area contributed by atoms with Crippen molar-refractivity contribution in [2.24, 2.45) is 4.99 Å². The predicted octanol–water partition coefficient (Wildman–Crippen LogP) is 3.12. The topological polar surface area (TPSA) is 70.6 Å². The number of nitrogens with zero attached hydrogens (tertiary/aromatic N) is 1. The van der Waals surface area contributed by atoms with E-state index < -0.39 is 9.84 Å². The second-order valence-corrected chi connectivity index (χ2v) is 9.23. The highest BCUT2D eigenvalue weighted by Crippen LogP contribution is 2.21. The van der Waals surface area contributed by atoms with E-state index in [1.807, 2.05) is 13.0 Å². The Labute approximate surface area is 162 Å². The van der Waals surface area contributed by atoms with Gasteiger partial charge in [-0.2, -0.15) is 0 Å². The lowest BCUT2D eigenvalue weighted by Crippen LogP contribution is -2.43. The highest BCUT2D eigenvalue weighted by atomic mass is 32.2. The Bertz CT molecular complexity index is 858. The van der Waals surface area contributed by atoms with E-state index in [4.69, 9.17) is 0 Å². The molecule has 0 aromatic heterocycles. The van der Waals surface area contributed by atoms with Gasteiger partial charge in [0.1, 0.15) is 0 Å². The Hall–Kier alpha value is -2.34. The molecule has 5 nitrogen and oxygen atoms in total. The van der Waals surface area contributed by atoms with Crippen LogP contribution in [0.5, 0.6) is 0 Å². The van der Waals surface area contributed by atoms with Crippen molar-refractivity contribution < 1.29 is 8.42 Å². The second kappa shape index (κ2) is 9.04. The number of sulfone groups is 1. The molecule has 0 saturated carbocycles. The Kier molecular flexibility index (Phi) is 7.02. The largest absolute Gasteiger partial charge is 0.357 e. The first-order chi connectivity index (χ1) is 12.7. The molecular formula is C21H29N3O2S. The van der Waals surface area contributed by atoms with Crippen LogP contribution in [-0.4, -0.2) is 33.7 Å². The molecule has 2 rings (SSSR count). The SMILES string of the molecule is CCNC(=NCc1ccc(S(C)(=O)=O)cc1)NCC(C)(C)c1ccccc1. The summed E-state index contributed by atoms with van der Waals surface area (Å²) in [5, 5.41) is 6.66. The predicted molar refractivity (Wildman–Crippen MR) is 112 cm³/mol. The summed E-state index contributed by atoms with van der Waals surface area (Å²) in [4.78, 5) is 4.94. The molecule has 2 aromatic carbocycles. The summed E-state index contributed by atoms with van der Waals surface area (Å²) in [5.41, 5.74) is 2.20. The van der Waals surface area contributed by atoms with Gasteiger partial charge in [0.2, 0.25) is 0 Å². The van der Waals surface area contributed by atoms with Crippen LogP contribution in [0, 0.1) is 0 Å². The van der Waals surface area contributed by atoms with E-state index in [0.717, 1.165) is 24.6 Å². The van der Waals surface area contributed by atoms with E-state index >= 15 is 0 Å². The van der Waals surface area contributed by atoms with Crippen LogP contribution in [-0.2, 0) is 21.8 Å². The van der Waals surface area contributed by atoms with Crippen LogP contribution in [0.25, 0.3) is 0 Å². The van der Waals surface area contributed by atoms with Gasteiger partial charge < -0.3 is 10.6 Å². The van der Waals surface area contributed by atoms with Crippen molar-refractivity contribution in [3.8, 4) is 0 Å². The molecule has 0 fully saturated rings. The van der Waals surface area contributed by atoms with Crippen molar-refractivity contribution in [1.29, 1.82) is 0 Å². The minimum Gasteiger partial charge on any atom is -0.357 e. The fourth-order valence-electron chi connectivity index (χ4n) is 2.65. The molecule has 0 unspecified atom stereocenters. The molecule has 2 aromatic rings. The van der Waals surface area contributed by atoms with Gasteiger partial charge in [-0.05, 0) is 30.2 Å². The Morgan fingerprint density at radius 1 is 1.00 bits per heavy atom. The minimum atomic E-state index is -3.17. The van der Waals surface area contributed by atoms with Crippen LogP contribution in [0.15, 0.2) is 64.5 Å². The van der Waals surface area contributed by atoms with Crippen LogP contribution in [0.4, 0.5) is 0 Å². The van der Waals surface area contributed by atoms with E-state index in [-0.39, 0.29) is 5.41 Å². The first-order valence-corrected chi connectivity index (χ1v) is 11.0. The summed E-state index contributed by atoms with van der Waals surface area (Å²) in [7, 11) is -3.17. The molecule has 146 valence electrons. The highest BCUT2D eigenvalue weighted by molar-refractivity contribution is 7.90. The summed E-state index contributed by atoms with van der Waals surface area (Å²) in [6, 6.07) is 17.2. The quantitative estimate of drug-likeness (QED) is 0.566. The minimum absolute atomic E-state index is 0.0331. The van der Waals surface area contributed by atoms with E-state index in [2.05, 4.69) is 53.7 Å². The molecule has 0 aliphatic heterocycles. The lowest BCUT2D eigenvalue weighted by atomic mass is 9.85. The van der Waals surface area contributed by atoms with Crippen LogP contribution >= 0.6 is 0 Å². The van der Waals surface area contributed by atoms with Crippen molar-refractivity contribution in [2.75, 3.05) is 19.3 Å². The Morgan fingerprint density at radius 2 is 1.63 bits per heavy atom. The molecule has 0 heterocycles. The maximum atomic E-state index is 11.5. The number of aliphatic imine (C=N–C) groups is 1. The zero-order valence-electron chi connectivity index (χ0n) is 16.5. The molecule has 0 aliphatic rings. The van der Waals surface area contributed by atoms with Crippen molar-refractivity contribution >= 4 is 15.8 Å². The third-order valence-corrected chi connectivity index (χ3v) is 5.50. The normalized spacial score (nSPS) is 12.7. The first kappa shape index (κ1) is 21.0. The molecule has 0 bridgehead atoms. The molecular weight excluding hydrogens is 358 g/mol. The fourth-order valence-corrected chi connectivity index (χ4v) is 3.28. The van der Waals surface area contributed by atoms with E-state index in [9.17, 15) is 8.42 Å². The van der Waals surface area contributed by atoms with E-state index in [1.54, 1.807) is 24.3 Å². The first-order valence-electron chi connectivity index (χ1n) is 9.09. The molecule has 0 amide bonds. The summed E-state index contributed by atoms with van der Waals surface area (Å²) >= 11 is 0. The van der Waals surface area contributed by atoms with Crippen molar-refractivity contribution in [2.45, 2.75) is 37.6 Å². The Morgan fingerprint density at radius 3 is 2.19 bits per heavy atom. The van der Waals surface area contributed by atoms with Crippen molar-refractivity contribution in [1.82, 2.24) is 10.6 Å². The fraction of sp³-hybridized carbons (Fsp3) is 0.381. The number of benzene rings is 2. The zero-order chi connectivity index (χ0) is 19.9. The van der Waals surface area contributed by atoms with Crippen molar-refractivity contribution in [3.05, 3.63) is 65.7 Å². The smallest absolute Gasteiger partial charge is 0.191 e. The standard InChI is InChI=1S/C21H29N3O2S/c1-5-22-20(24-16-21(2,3)18-9-7-6-8-10-18)23-15-17-11-13-19(14-12-17)27(4,25)26/h6-14H,5,15-16H2,1-4H3,(H2,22,23,24). The average Bonchev–Trinajstić information content (AvgIpc) is 2.64. The third kappa shape index (κ3) is 6.40. The Balaban J connectivity index is 2.04. The van der Waals surface area contributed by atoms with Crippen LogP contribution < -0.4 is 10.6 Å². The molecule has 0 saturated heterocycles. The number of hydrogen-bond donors (Lipinski definition) is 2. The lowest BCUT2D eigenvalue weighted by molar-refractivity contribution is 0.508. The van der Waals surface area contributed by atoms with Gasteiger partial charge in [-0.3, -0.25) is 0 Å². The average molecular weight is 388 g/mol. The molecule has 27 heavy (non-hydrogen) atoms. The molecule has 0 spiro atoms. The number of hydrogen-bond acceptors (Lipinski definition) is 3. The van der Waals surface area contributed by atoms with Gasteiger partial charge in [-0.25, -0.2) is 13.4 Å². The van der Waals surface area contributed by atoms with E-state index in [0.29, 0.717) is 11.4 Å². The maximum absolute atomic E-state index is 11.5. The van der Waals surface area contributed by atoms with Crippen LogP contribution in [0.1, 0.15) is 31.9 Å². The van der Waals surface area contributed by atoms with Gasteiger partial charge >= 0.3 is 0 Å². The van der Waals surface area contributed by atoms with Crippen LogP contribution in [0.2, 0.25) is 0 Å². The molecule has 0 atom stereocenters. The van der Waals surface area contributed by atoms with Gasteiger partial charge in [0.15, 0.2) is 15.8 Å². The summed E-state index contributed by atoms with van der Waals surface area (Å²) < 4.78 is 23.1. The highest BCUT2D eigenvalue weighted by Gasteiger charge is 2.20. The van der Waals surface area contributed by atoms with Gasteiger partial charge in [0, 0.05) is 24.8 Å². The van der Waals surface area contributed by atoms with Gasteiger partial charge in [-0.15, -0.1) is 0 Å². The van der Waals surface area contributed by atoms with Gasteiger partial charge in [0.25, 0.3) is 0 Å². The van der Waals surface area contributed by atoms with Gasteiger partial charge in [-0.1, -0.05) is 56.3 Å². The number of nitrogens with one attached hydrogen (secondary N) is 2. The van der Waals surface area contributed by atoms with E-state index in [1.165, 1.54) is 11.8 Å². The molecule has 0 aliphatic carbocycles. The van der Waals surface area contributed by atoms with Crippen molar-refractivity contribution in [3.63, 3.8) is 0 Å². The maximum Gasteiger partial charge on any atom is 0.191 e. The second-order valence-electron chi connectivity index (χ2n) is 7.21. The number of rotatable bonds is 7. The monoisotopic (exact) mass is 387 g/mol. The molecule has 2 N–H and O–H groups in total. The number of guanidine groups is 1. The van der Waals surface area contributed by atoms with Gasteiger partial charge in [0.05, 0.1) is 11.4 Å². The summed E-state index contributed by atoms with van der Waals surface area (Å²) in [6.45, 7) is 8.41. The molecule has 6 heteroatoms. The summed E-state index contributed by atoms with van der Waals surface area (Å²) in [5.74, 6) is 0.744. The summed E-state index contributed by atoms with van der Waals surface area (Å²) in [6.07, 6.45) is 1.21. The van der Waals surface area contributed by atoms with Crippen LogP contribution in [0.3, 0.4) is 0 Å². The third-order valence-electron chi connectivity index (χ3n) is 4.37.